The summed E-state index contributed by atoms with van der Waals surface area (Å²) in [6.07, 6.45) is 2.69. The summed E-state index contributed by atoms with van der Waals surface area (Å²) in [5.74, 6) is 0. The summed E-state index contributed by atoms with van der Waals surface area (Å²) in [6.45, 7) is 2.66. The van der Waals surface area contributed by atoms with Crippen molar-refractivity contribution in [2.75, 3.05) is 11.9 Å². The Morgan fingerprint density at radius 2 is 2.33 bits per heavy atom. The SMILES string of the molecule is CC1CCC(C(CN)Nc2ccc(Cl)c(Br)c2)O1. The maximum atomic E-state index is 5.97. The van der Waals surface area contributed by atoms with Crippen LogP contribution in [0.25, 0.3) is 0 Å². The van der Waals surface area contributed by atoms with Gasteiger partial charge in [-0.15, -0.1) is 0 Å². The first-order chi connectivity index (χ1) is 8.60. The Labute approximate surface area is 121 Å². The standard InChI is InChI=1S/C13H18BrClN2O/c1-8-2-5-13(18-8)12(7-16)17-9-3-4-11(15)10(14)6-9/h3-4,6,8,12-13,17H,2,5,7,16H2,1H3. The molecular weight excluding hydrogens is 316 g/mol. The van der Waals surface area contributed by atoms with Gasteiger partial charge in [-0.2, -0.15) is 0 Å². The van der Waals surface area contributed by atoms with E-state index >= 15 is 0 Å². The highest BCUT2D eigenvalue weighted by Crippen LogP contribution is 2.28. The summed E-state index contributed by atoms with van der Waals surface area (Å²) in [7, 11) is 0. The van der Waals surface area contributed by atoms with Gasteiger partial charge in [-0.05, 0) is 53.9 Å². The van der Waals surface area contributed by atoms with Gasteiger partial charge in [0.15, 0.2) is 0 Å². The van der Waals surface area contributed by atoms with Crippen molar-refractivity contribution in [2.45, 2.75) is 38.0 Å². The predicted octanol–water partition coefficient (Wildman–Crippen LogP) is 3.41. The van der Waals surface area contributed by atoms with Crippen molar-refractivity contribution in [1.82, 2.24) is 0 Å². The zero-order valence-electron chi connectivity index (χ0n) is 10.3. The zero-order chi connectivity index (χ0) is 13.1. The van der Waals surface area contributed by atoms with Crippen molar-refractivity contribution in [3.8, 4) is 0 Å². The summed E-state index contributed by atoms with van der Waals surface area (Å²) in [5, 5.41) is 4.12. The van der Waals surface area contributed by atoms with Gasteiger partial charge >= 0.3 is 0 Å². The maximum absolute atomic E-state index is 5.97. The number of anilines is 1. The van der Waals surface area contributed by atoms with Gasteiger partial charge in [-0.3, -0.25) is 0 Å². The van der Waals surface area contributed by atoms with Gasteiger partial charge in [-0.25, -0.2) is 0 Å². The number of ether oxygens (including phenoxy) is 1. The third-order valence-corrected chi connectivity index (χ3v) is 4.45. The van der Waals surface area contributed by atoms with Crippen LogP contribution in [0.15, 0.2) is 22.7 Å². The molecule has 3 nitrogen and oxygen atoms in total. The van der Waals surface area contributed by atoms with Crippen LogP contribution in [0, 0.1) is 0 Å². The summed E-state index contributed by atoms with van der Waals surface area (Å²) in [4.78, 5) is 0. The minimum Gasteiger partial charge on any atom is -0.378 e. The minimum atomic E-state index is 0.142. The van der Waals surface area contributed by atoms with Gasteiger partial charge in [-0.1, -0.05) is 11.6 Å². The van der Waals surface area contributed by atoms with Crippen LogP contribution in [0.4, 0.5) is 5.69 Å². The molecule has 100 valence electrons. The molecule has 0 aromatic heterocycles. The normalized spacial score (nSPS) is 25.1. The second kappa shape index (κ2) is 6.24. The zero-order valence-corrected chi connectivity index (χ0v) is 12.7. The van der Waals surface area contributed by atoms with Crippen LogP contribution in [-0.4, -0.2) is 24.8 Å². The Morgan fingerprint density at radius 1 is 1.56 bits per heavy atom. The molecule has 0 saturated carbocycles. The lowest BCUT2D eigenvalue weighted by Gasteiger charge is -2.24. The third kappa shape index (κ3) is 3.38. The van der Waals surface area contributed by atoms with Crippen LogP contribution in [-0.2, 0) is 4.74 Å². The molecule has 3 N–H and O–H groups in total. The van der Waals surface area contributed by atoms with E-state index in [1.807, 2.05) is 18.2 Å². The average Bonchev–Trinajstić information content (AvgIpc) is 2.77. The third-order valence-electron chi connectivity index (χ3n) is 3.24. The van der Waals surface area contributed by atoms with Gasteiger partial charge in [0.1, 0.15) is 0 Å². The number of rotatable bonds is 4. The maximum Gasteiger partial charge on any atom is 0.0792 e. The van der Waals surface area contributed by atoms with Gasteiger partial charge in [0, 0.05) is 16.7 Å². The topological polar surface area (TPSA) is 47.3 Å². The Balaban J connectivity index is 2.03. The molecule has 2 rings (SSSR count). The van der Waals surface area contributed by atoms with E-state index in [1.165, 1.54) is 0 Å². The summed E-state index contributed by atoms with van der Waals surface area (Å²) < 4.78 is 6.74. The van der Waals surface area contributed by atoms with Crippen molar-refractivity contribution >= 4 is 33.2 Å². The highest BCUT2D eigenvalue weighted by Gasteiger charge is 2.28. The molecule has 0 amide bonds. The first-order valence-corrected chi connectivity index (χ1v) is 7.34. The van der Waals surface area contributed by atoms with Crippen molar-refractivity contribution in [3.63, 3.8) is 0 Å². The van der Waals surface area contributed by atoms with Crippen LogP contribution in [0.2, 0.25) is 5.02 Å². The highest BCUT2D eigenvalue weighted by atomic mass is 79.9. The molecule has 3 unspecified atom stereocenters. The molecule has 1 saturated heterocycles. The summed E-state index contributed by atoms with van der Waals surface area (Å²) in [6, 6.07) is 5.92. The molecule has 1 heterocycles. The van der Waals surface area contributed by atoms with E-state index in [4.69, 9.17) is 22.1 Å². The number of benzene rings is 1. The quantitative estimate of drug-likeness (QED) is 0.887. The summed E-state index contributed by atoms with van der Waals surface area (Å²) in [5.41, 5.74) is 6.84. The van der Waals surface area contributed by atoms with Crippen LogP contribution >= 0.6 is 27.5 Å². The fourth-order valence-corrected chi connectivity index (χ4v) is 2.73. The Bertz CT molecular complexity index is 416. The molecular formula is C13H18BrClN2O. The van der Waals surface area contributed by atoms with E-state index in [1.54, 1.807) is 0 Å². The molecule has 0 radical (unpaired) electrons. The van der Waals surface area contributed by atoms with Crippen molar-refractivity contribution < 1.29 is 4.74 Å². The average molecular weight is 334 g/mol. The molecule has 0 bridgehead atoms. The lowest BCUT2D eigenvalue weighted by molar-refractivity contribution is 0.0460. The predicted molar refractivity (Wildman–Crippen MR) is 79.2 cm³/mol. The molecule has 0 aliphatic carbocycles. The molecule has 1 aliphatic heterocycles. The van der Waals surface area contributed by atoms with Gasteiger partial charge in [0.25, 0.3) is 0 Å². The lowest BCUT2D eigenvalue weighted by Crippen LogP contribution is -2.40. The molecule has 18 heavy (non-hydrogen) atoms. The fraction of sp³-hybridized carbons (Fsp3) is 0.538. The molecule has 1 fully saturated rings. The van der Waals surface area contributed by atoms with Gasteiger partial charge in [0.2, 0.25) is 0 Å². The molecule has 3 atom stereocenters. The Hall–Kier alpha value is -0.290. The number of nitrogens with two attached hydrogens (primary N) is 1. The molecule has 1 aromatic rings. The van der Waals surface area contributed by atoms with E-state index in [9.17, 15) is 0 Å². The van der Waals surface area contributed by atoms with Gasteiger partial charge < -0.3 is 15.8 Å². The number of hydrogen-bond donors (Lipinski definition) is 2. The van der Waals surface area contributed by atoms with Gasteiger partial charge in [0.05, 0.1) is 23.3 Å². The first kappa shape index (κ1) is 14.1. The van der Waals surface area contributed by atoms with Crippen LogP contribution in [0.5, 0.6) is 0 Å². The van der Waals surface area contributed by atoms with Crippen LogP contribution < -0.4 is 11.1 Å². The second-order valence-electron chi connectivity index (χ2n) is 4.68. The van der Waals surface area contributed by atoms with E-state index in [-0.39, 0.29) is 12.1 Å². The lowest BCUT2D eigenvalue weighted by atomic mass is 10.1. The van der Waals surface area contributed by atoms with Crippen LogP contribution in [0.1, 0.15) is 19.8 Å². The highest BCUT2D eigenvalue weighted by molar-refractivity contribution is 9.10. The van der Waals surface area contributed by atoms with E-state index < -0.39 is 0 Å². The smallest absolute Gasteiger partial charge is 0.0792 e. The Kier molecular flexibility index (Phi) is 4.90. The van der Waals surface area contributed by atoms with E-state index in [0.717, 1.165) is 23.0 Å². The molecule has 5 heteroatoms. The number of hydrogen-bond acceptors (Lipinski definition) is 3. The number of halogens is 2. The van der Waals surface area contributed by atoms with Crippen molar-refractivity contribution in [3.05, 3.63) is 27.7 Å². The largest absolute Gasteiger partial charge is 0.378 e. The Morgan fingerprint density at radius 3 is 2.89 bits per heavy atom. The minimum absolute atomic E-state index is 0.142. The first-order valence-electron chi connectivity index (χ1n) is 6.17. The van der Waals surface area contributed by atoms with Crippen molar-refractivity contribution in [1.29, 1.82) is 0 Å². The summed E-state index contributed by atoms with van der Waals surface area (Å²) >= 11 is 9.39. The number of nitrogens with one attached hydrogen (secondary N) is 1. The molecule has 1 aromatic carbocycles. The fourth-order valence-electron chi connectivity index (χ4n) is 2.23. The van der Waals surface area contributed by atoms with E-state index in [0.29, 0.717) is 17.7 Å². The molecule has 1 aliphatic rings. The molecule has 0 spiro atoms. The van der Waals surface area contributed by atoms with E-state index in [2.05, 4.69) is 28.2 Å². The van der Waals surface area contributed by atoms with Crippen LogP contribution in [0.3, 0.4) is 0 Å². The van der Waals surface area contributed by atoms with Crippen molar-refractivity contribution in [2.24, 2.45) is 5.73 Å². The monoisotopic (exact) mass is 332 g/mol. The second-order valence-corrected chi connectivity index (χ2v) is 5.94.